The van der Waals surface area contributed by atoms with Gasteiger partial charge in [0, 0.05) is 37.6 Å². The van der Waals surface area contributed by atoms with Crippen LogP contribution in [0.1, 0.15) is 41.6 Å². The highest BCUT2D eigenvalue weighted by Gasteiger charge is 2.35. The van der Waals surface area contributed by atoms with Crippen molar-refractivity contribution in [3.05, 3.63) is 53.7 Å². The first-order chi connectivity index (χ1) is 13.9. The molecule has 1 aromatic heterocycles. The fourth-order valence-electron chi connectivity index (χ4n) is 3.36. The Balaban J connectivity index is 1.28. The fourth-order valence-corrected chi connectivity index (χ4v) is 4.74. The highest BCUT2D eigenvalue weighted by atomic mass is 32.2. The number of hydrogen-bond donors (Lipinski definition) is 1. The standard InChI is InChI=1S/C21H25N3O4S/c1-15-2-4-16(5-3-15)21(25)24-12-10-18(11-13-24)28-20-9-6-17(14-22-20)23-29(26,27)19-7-8-19/h2-6,9,14,18-19,23H,7-8,10-13H2,1H3. The number of aryl methyl sites for hydroxylation is 1. The molecular weight excluding hydrogens is 390 g/mol. The summed E-state index contributed by atoms with van der Waals surface area (Å²) in [6.07, 6.45) is 4.36. The van der Waals surface area contributed by atoms with Crippen LogP contribution in [-0.4, -0.2) is 48.7 Å². The van der Waals surface area contributed by atoms with Gasteiger partial charge >= 0.3 is 0 Å². The van der Waals surface area contributed by atoms with Crippen molar-refractivity contribution < 1.29 is 17.9 Å². The molecule has 1 aliphatic carbocycles. The summed E-state index contributed by atoms with van der Waals surface area (Å²) in [6.45, 7) is 3.27. The Morgan fingerprint density at radius 3 is 2.34 bits per heavy atom. The summed E-state index contributed by atoms with van der Waals surface area (Å²) in [6, 6.07) is 11.0. The van der Waals surface area contributed by atoms with Crippen LogP contribution in [0.5, 0.6) is 5.88 Å². The highest BCUT2D eigenvalue weighted by molar-refractivity contribution is 7.93. The van der Waals surface area contributed by atoms with Crippen molar-refractivity contribution in [1.82, 2.24) is 9.88 Å². The summed E-state index contributed by atoms with van der Waals surface area (Å²) < 4.78 is 32.4. The third-order valence-corrected chi connectivity index (χ3v) is 7.14. The van der Waals surface area contributed by atoms with Crippen LogP contribution >= 0.6 is 0 Å². The Morgan fingerprint density at radius 2 is 1.76 bits per heavy atom. The topological polar surface area (TPSA) is 88.6 Å². The number of hydrogen-bond acceptors (Lipinski definition) is 5. The quantitative estimate of drug-likeness (QED) is 0.784. The van der Waals surface area contributed by atoms with Gasteiger partial charge in [-0.1, -0.05) is 17.7 Å². The van der Waals surface area contributed by atoms with Crippen LogP contribution < -0.4 is 9.46 Å². The van der Waals surface area contributed by atoms with E-state index in [0.717, 1.165) is 31.2 Å². The molecule has 8 heteroatoms. The van der Waals surface area contributed by atoms with Gasteiger partial charge in [-0.05, 0) is 38.0 Å². The number of sulfonamides is 1. The molecule has 7 nitrogen and oxygen atoms in total. The predicted octanol–water partition coefficient (Wildman–Crippen LogP) is 2.98. The van der Waals surface area contributed by atoms with Crippen molar-refractivity contribution >= 4 is 21.6 Å². The number of rotatable bonds is 6. The molecule has 2 heterocycles. The molecule has 0 radical (unpaired) electrons. The molecule has 1 N–H and O–H groups in total. The second kappa shape index (κ2) is 8.02. The molecule has 4 rings (SSSR count). The Hall–Kier alpha value is -2.61. The lowest BCUT2D eigenvalue weighted by atomic mass is 10.1. The zero-order valence-electron chi connectivity index (χ0n) is 16.4. The summed E-state index contributed by atoms with van der Waals surface area (Å²) in [4.78, 5) is 18.7. The maximum absolute atomic E-state index is 12.6. The highest BCUT2D eigenvalue weighted by Crippen LogP contribution is 2.30. The minimum atomic E-state index is -3.29. The monoisotopic (exact) mass is 415 g/mol. The number of likely N-dealkylation sites (tertiary alicyclic amines) is 1. The van der Waals surface area contributed by atoms with Gasteiger partial charge in [-0.15, -0.1) is 0 Å². The number of nitrogens with zero attached hydrogens (tertiary/aromatic N) is 2. The van der Waals surface area contributed by atoms with E-state index in [1.54, 1.807) is 12.1 Å². The molecule has 2 aliphatic rings. The SMILES string of the molecule is Cc1ccc(C(=O)N2CCC(Oc3ccc(NS(=O)(=O)C4CC4)cn3)CC2)cc1. The lowest BCUT2D eigenvalue weighted by molar-refractivity contribution is 0.0588. The maximum atomic E-state index is 12.6. The van der Waals surface area contributed by atoms with Gasteiger partial charge in [0.15, 0.2) is 0 Å². The molecule has 1 aromatic carbocycles. The average molecular weight is 416 g/mol. The van der Waals surface area contributed by atoms with Crippen LogP contribution in [0.4, 0.5) is 5.69 Å². The van der Waals surface area contributed by atoms with E-state index in [2.05, 4.69) is 9.71 Å². The molecule has 1 aliphatic heterocycles. The van der Waals surface area contributed by atoms with Gasteiger partial charge in [-0.25, -0.2) is 13.4 Å². The van der Waals surface area contributed by atoms with Gasteiger partial charge in [0.1, 0.15) is 6.10 Å². The van der Waals surface area contributed by atoms with Crippen LogP contribution in [0.25, 0.3) is 0 Å². The van der Waals surface area contributed by atoms with Gasteiger partial charge in [0.25, 0.3) is 5.91 Å². The molecule has 2 fully saturated rings. The van der Waals surface area contributed by atoms with E-state index >= 15 is 0 Å². The number of piperidine rings is 1. The zero-order valence-corrected chi connectivity index (χ0v) is 17.2. The van der Waals surface area contributed by atoms with Gasteiger partial charge in [0.2, 0.25) is 15.9 Å². The molecule has 0 bridgehead atoms. The maximum Gasteiger partial charge on any atom is 0.253 e. The largest absolute Gasteiger partial charge is 0.474 e. The van der Waals surface area contributed by atoms with E-state index in [1.165, 1.54) is 6.20 Å². The first-order valence-corrected chi connectivity index (χ1v) is 11.5. The minimum Gasteiger partial charge on any atom is -0.474 e. The van der Waals surface area contributed by atoms with Gasteiger partial charge < -0.3 is 9.64 Å². The summed E-state index contributed by atoms with van der Waals surface area (Å²) >= 11 is 0. The van der Waals surface area contributed by atoms with Crippen molar-refractivity contribution in [2.24, 2.45) is 0 Å². The average Bonchev–Trinajstić information content (AvgIpc) is 3.56. The molecule has 0 unspecified atom stereocenters. The van der Waals surface area contributed by atoms with E-state index in [0.29, 0.717) is 30.2 Å². The number of pyridine rings is 1. The first kappa shape index (κ1) is 19.7. The Kier molecular flexibility index (Phi) is 5.45. The molecule has 2 aromatic rings. The molecular formula is C21H25N3O4S. The first-order valence-electron chi connectivity index (χ1n) is 9.91. The van der Waals surface area contributed by atoms with Crippen LogP contribution in [0.2, 0.25) is 0 Å². The molecule has 1 saturated heterocycles. The fraction of sp³-hybridized carbons (Fsp3) is 0.429. The molecule has 29 heavy (non-hydrogen) atoms. The van der Waals surface area contributed by atoms with Gasteiger partial charge in [-0.2, -0.15) is 0 Å². The number of carbonyl (C=O) groups excluding carboxylic acids is 1. The number of nitrogens with one attached hydrogen (secondary N) is 1. The van der Waals surface area contributed by atoms with Crippen molar-refractivity contribution in [2.45, 2.75) is 44.0 Å². The second-order valence-electron chi connectivity index (χ2n) is 7.71. The van der Waals surface area contributed by atoms with Crippen LogP contribution in [0.3, 0.4) is 0 Å². The lowest BCUT2D eigenvalue weighted by Gasteiger charge is -2.32. The van der Waals surface area contributed by atoms with Crippen molar-refractivity contribution in [3.63, 3.8) is 0 Å². The van der Waals surface area contributed by atoms with E-state index < -0.39 is 10.0 Å². The normalized spacial score (nSPS) is 17.8. The summed E-state index contributed by atoms with van der Waals surface area (Å²) in [5, 5.41) is -0.272. The Labute approximate surface area is 171 Å². The molecule has 0 spiro atoms. The van der Waals surface area contributed by atoms with Crippen molar-refractivity contribution in [3.8, 4) is 5.88 Å². The van der Waals surface area contributed by atoms with Crippen LogP contribution in [0.15, 0.2) is 42.6 Å². The molecule has 1 amide bonds. The van der Waals surface area contributed by atoms with Gasteiger partial charge in [-0.3, -0.25) is 9.52 Å². The number of aromatic nitrogens is 1. The minimum absolute atomic E-state index is 0.0152. The lowest BCUT2D eigenvalue weighted by Crippen LogP contribution is -2.41. The zero-order chi connectivity index (χ0) is 20.4. The summed E-state index contributed by atoms with van der Waals surface area (Å²) in [7, 11) is -3.29. The van der Waals surface area contributed by atoms with Crippen molar-refractivity contribution in [1.29, 1.82) is 0 Å². The number of ether oxygens (including phenoxy) is 1. The van der Waals surface area contributed by atoms with E-state index in [4.69, 9.17) is 4.74 Å². The van der Waals surface area contributed by atoms with E-state index in [9.17, 15) is 13.2 Å². The third kappa shape index (κ3) is 4.87. The molecule has 1 saturated carbocycles. The Morgan fingerprint density at radius 1 is 1.07 bits per heavy atom. The van der Waals surface area contributed by atoms with Gasteiger partial charge in [0.05, 0.1) is 17.1 Å². The van der Waals surface area contributed by atoms with E-state index in [1.807, 2.05) is 36.1 Å². The van der Waals surface area contributed by atoms with E-state index in [-0.39, 0.29) is 17.3 Å². The summed E-state index contributed by atoms with van der Waals surface area (Å²) in [5.41, 5.74) is 2.29. The van der Waals surface area contributed by atoms with Crippen molar-refractivity contribution in [2.75, 3.05) is 17.8 Å². The smallest absolute Gasteiger partial charge is 0.253 e. The number of anilines is 1. The second-order valence-corrected chi connectivity index (χ2v) is 9.67. The molecule has 154 valence electrons. The number of benzene rings is 1. The number of carbonyl (C=O) groups is 1. The van der Waals surface area contributed by atoms with Crippen LogP contribution in [0, 0.1) is 6.92 Å². The Bertz CT molecular complexity index is 962. The predicted molar refractivity (Wildman–Crippen MR) is 111 cm³/mol. The van der Waals surface area contributed by atoms with Crippen LogP contribution in [-0.2, 0) is 10.0 Å². The number of amides is 1. The third-order valence-electron chi connectivity index (χ3n) is 5.27. The molecule has 0 atom stereocenters. The summed E-state index contributed by atoms with van der Waals surface area (Å²) in [5.74, 6) is 0.511.